The quantitative estimate of drug-likeness (QED) is 0.676. The fourth-order valence-corrected chi connectivity index (χ4v) is 5.07. The SMILES string of the molecule is CN1C(=O)c2c(nn(Cc3ccccc3)c2-c2ccccc2)N2C1=N[C@@H]1CCC[C@@H]12. The van der Waals surface area contributed by atoms with Gasteiger partial charge in [0.25, 0.3) is 5.91 Å². The number of aromatic nitrogens is 2. The molecule has 0 N–H and O–H groups in total. The third-order valence-corrected chi connectivity index (χ3v) is 6.48. The number of amides is 1. The zero-order valence-corrected chi connectivity index (χ0v) is 16.9. The molecule has 2 aliphatic heterocycles. The average molecular weight is 397 g/mol. The van der Waals surface area contributed by atoms with Crippen LogP contribution in [0.2, 0.25) is 0 Å². The van der Waals surface area contributed by atoms with Crippen LogP contribution in [0.15, 0.2) is 65.7 Å². The Bertz CT molecular complexity index is 1150. The first kappa shape index (κ1) is 17.4. The molecular weight excluding hydrogens is 374 g/mol. The first-order chi connectivity index (χ1) is 14.7. The molecule has 30 heavy (non-hydrogen) atoms. The molecule has 0 saturated heterocycles. The van der Waals surface area contributed by atoms with Crippen molar-refractivity contribution < 1.29 is 4.79 Å². The molecule has 0 unspecified atom stereocenters. The predicted octanol–water partition coefficient (Wildman–Crippen LogP) is 3.78. The van der Waals surface area contributed by atoms with Gasteiger partial charge in [0.2, 0.25) is 5.96 Å². The zero-order valence-electron chi connectivity index (χ0n) is 16.9. The second-order valence-corrected chi connectivity index (χ2v) is 8.29. The number of fused-ring (bicyclic) bond motifs is 5. The number of aliphatic imine (C=N–C) groups is 1. The largest absolute Gasteiger partial charge is 0.289 e. The van der Waals surface area contributed by atoms with Gasteiger partial charge in [0.15, 0.2) is 5.82 Å². The molecule has 0 radical (unpaired) electrons. The van der Waals surface area contributed by atoms with Gasteiger partial charge in [0, 0.05) is 12.6 Å². The second-order valence-electron chi connectivity index (χ2n) is 8.29. The third-order valence-electron chi connectivity index (χ3n) is 6.48. The molecule has 0 bridgehead atoms. The minimum absolute atomic E-state index is 0.0295. The van der Waals surface area contributed by atoms with Crippen molar-refractivity contribution in [2.24, 2.45) is 4.99 Å². The summed E-state index contributed by atoms with van der Waals surface area (Å²) in [5.74, 6) is 1.49. The molecular formula is C24H23N5O. The number of nitrogens with zero attached hydrogens (tertiary/aromatic N) is 5. The summed E-state index contributed by atoms with van der Waals surface area (Å²) in [4.78, 5) is 22.3. The fourth-order valence-electron chi connectivity index (χ4n) is 5.07. The van der Waals surface area contributed by atoms with Crippen LogP contribution in [0.3, 0.4) is 0 Å². The molecule has 1 aliphatic carbocycles. The van der Waals surface area contributed by atoms with Crippen LogP contribution in [0, 0.1) is 0 Å². The summed E-state index contributed by atoms with van der Waals surface area (Å²) in [7, 11) is 1.83. The van der Waals surface area contributed by atoms with Crippen molar-refractivity contribution >= 4 is 17.7 Å². The average Bonchev–Trinajstić information content (AvgIpc) is 3.46. The van der Waals surface area contributed by atoms with Crippen molar-refractivity contribution in [2.45, 2.75) is 37.9 Å². The van der Waals surface area contributed by atoms with Crippen LogP contribution in [0.1, 0.15) is 35.2 Å². The number of carbonyl (C=O) groups excluding carboxylic acids is 1. The Balaban J connectivity index is 1.57. The predicted molar refractivity (Wildman–Crippen MR) is 117 cm³/mol. The topological polar surface area (TPSA) is 53.7 Å². The van der Waals surface area contributed by atoms with Gasteiger partial charge in [-0.25, -0.2) is 4.99 Å². The summed E-state index contributed by atoms with van der Waals surface area (Å²) in [5, 5.41) is 5.02. The van der Waals surface area contributed by atoms with Crippen molar-refractivity contribution in [1.29, 1.82) is 0 Å². The van der Waals surface area contributed by atoms with E-state index < -0.39 is 0 Å². The van der Waals surface area contributed by atoms with E-state index in [2.05, 4.69) is 29.2 Å². The van der Waals surface area contributed by atoms with E-state index in [1.54, 1.807) is 4.90 Å². The van der Waals surface area contributed by atoms with E-state index in [9.17, 15) is 4.79 Å². The van der Waals surface area contributed by atoms with E-state index in [1.807, 2.05) is 48.1 Å². The molecule has 1 fully saturated rings. The number of hydrogen-bond donors (Lipinski definition) is 0. The Kier molecular flexibility index (Phi) is 3.81. The number of rotatable bonds is 3. The monoisotopic (exact) mass is 397 g/mol. The van der Waals surface area contributed by atoms with Crippen LogP contribution in [0.4, 0.5) is 5.82 Å². The van der Waals surface area contributed by atoms with Gasteiger partial charge in [-0.3, -0.25) is 19.3 Å². The molecule has 150 valence electrons. The number of hydrogen-bond acceptors (Lipinski definition) is 4. The van der Waals surface area contributed by atoms with Gasteiger partial charge >= 0.3 is 0 Å². The summed E-state index contributed by atoms with van der Waals surface area (Å²) < 4.78 is 1.99. The van der Waals surface area contributed by atoms with E-state index >= 15 is 0 Å². The minimum atomic E-state index is -0.0295. The molecule has 3 heterocycles. The molecule has 6 nitrogen and oxygen atoms in total. The van der Waals surface area contributed by atoms with Gasteiger partial charge < -0.3 is 0 Å². The van der Waals surface area contributed by atoms with Crippen LogP contribution in [-0.2, 0) is 6.54 Å². The lowest BCUT2D eigenvalue weighted by Gasteiger charge is -2.34. The van der Waals surface area contributed by atoms with Crippen molar-refractivity contribution in [3.05, 3.63) is 71.8 Å². The molecule has 6 heteroatoms. The van der Waals surface area contributed by atoms with Gasteiger partial charge in [0.1, 0.15) is 5.56 Å². The highest BCUT2D eigenvalue weighted by Gasteiger charge is 2.49. The fraction of sp³-hybridized carbons (Fsp3) is 0.292. The molecule has 2 atom stereocenters. The van der Waals surface area contributed by atoms with Crippen molar-refractivity contribution in [1.82, 2.24) is 14.7 Å². The van der Waals surface area contributed by atoms with Gasteiger partial charge in [-0.1, -0.05) is 60.7 Å². The summed E-state index contributed by atoms with van der Waals surface area (Å²) in [6.07, 6.45) is 3.34. The van der Waals surface area contributed by atoms with Crippen LogP contribution in [0.25, 0.3) is 11.3 Å². The standard InChI is InChI=1S/C24H23N5O/c1-27-23(30)20-21(17-11-6-3-7-12-17)28(15-16-9-4-2-5-10-16)26-22(20)29-19-14-8-13-18(19)25-24(27)29/h2-7,9-12,18-19H,8,13-15H2,1H3/t18-,19+/m1/s1. The first-order valence-corrected chi connectivity index (χ1v) is 10.6. The Morgan fingerprint density at radius 1 is 1.00 bits per heavy atom. The Hall–Kier alpha value is -3.41. The van der Waals surface area contributed by atoms with Crippen LogP contribution < -0.4 is 4.90 Å². The normalized spacial score (nSPS) is 22.0. The third kappa shape index (κ3) is 2.46. The lowest BCUT2D eigenvalue weighted by Crippen LogP contribution is -2.51. The van der Waals surface area contributed by atoms with Gasteiger partial charge in [0.05, 0.1) is 24.3 Å². The van der Waals surface area contributed by atoms with E-state index in [4.69, 9.17) is 10.1 Å². The Morgan fingerprint density at radius 2 is 1.73 bits per heavy atom. The van der Waals surface area contributed by atoms with Crippen LogP contribution in [0.5, 0.6) is 0 Å². The highest BCUT2D eigenvalue weighted by molar-refractivity contribution is 6.21. The molecule has 2 aromatic carbocycles. The molecule has 0 spiro atoms. The molecule has 1 saturated carbocycles. The number of guanidine groups is 1. The smallest absolute Gasteiger partial charge is 0.266 e. The Morgan fingerprint density at radius 3 is 2.50 bits per heavy atom. The summed E-state index contributed by atoms with van der Waals surface area (Å²) in [5.41, 5.74) is 3.73. The highest BCUT2D eigenvalue weighted by Crippen LogP contribution is 2.43. The Labute approximate surface area is 175 Å². The van der Waals surface area contributed by atoms with Gasteiger partial charge in [-0.05, 0) is 24.8 Å². The van der Waals surface area contributed by atoms with E-state index in [1.165, 1.54) is 6.42 Å². The maximum Gasteiger partial charge on any atom is 0.266 e. The minimum Gasteiger partial charge on any atom is -0.289 e. The summed E-state index contributed by atoms with van der Waals surface area (Å²) in [6, 6.07) is 21.0. The highest BCUT2D eigenvalue weighted by atomic mass is 16.2. The van der Waals surface area contributed by atoms with Crippen molar-refractivity contribution in [2.75, 3.05) is 11.9 Å². The lowest BCUT2D eigenvalue weighted by molar-refractivity contribution is 0.0865. The molecule has 1 aromatic heterocycles. The molecule has 1 amide bonds. The van der Waals surface area contributed by atoms with Gasteiger partial charge in [-0.2, -0.15) is 5.10 Å². The number of anilines is 1. The molecule has 3 aromatic rings. The summed E-state index contributed by atoms with van der Waals surface area (Å²) in [6.45, 7) is 0.615. The van der Waals surface area contributed by atoms with Crippen molar-refractivity contribution in [3.63, 3.8) is 0 Å². The maximum absolute atomic E-state index is 13.5. The summed E-state index contributed by atoms with van der Waals surface area (Å²) >= 11 is 0. The first-order valence-electron chi connectivity index (χ1n) is 10.6. The molecule has 3 aliphatic rings. The molecule has 6 rings (SSSR count). The number of carbonyl (C=O) groups is 1. The van der Waals surface area contributed by atoms with Crippen LogP contribution in [-0.4, -0.2) is 45.7 Å². The van der Waals surface area contributed by atoms with Crippen molar-refractivity contribution in [3.8, 4) is 11.3 Å². The van der Waals surface area contributed by atoms with E-state index in [0.29, 0.717) is 18.2 Å². The van der Waals surface area contributed by atoms with E-state index in [-0.39, 0.29) is 11.9 Å². The second kappa shape index (κ2) is 6.55. The zero-order chi connectivity index (χ0) is 20.2. The van der Waals surface area contributed by atoms with Gasteiger partial charge in [-0.15, -0.1) is 0 Å². The lowest BCUT2D eigenvalue weighted by atomic mass is 10.0. The van der Waals surface area contributed by atoms with Crippen LogP contribution >= 0.6 is 0 Å². The maximum atomic E-state index is 13.5. The van der Waals surface area contributed by atoms with E-state index in [0.717, 1.165) is 41.4 Å². The number of benzene rings is 2.